The second kappa shape index (κ2) is 7.50. The molecule has 1 N–H and O–H groups in total. The van der Waals surface area contributed by atoms with Crippen LogP contribution in [-0.2, 0) is 11.3 Å². The quantitative estimate of drug-likeness (QED) is 0.609. The van der Waals surface area contributed by atoms with Gasteiger partial charge in [0.25, 0.3) is 5.91 Å². The molecular formula is C23H25ClN4O2S. The summed E-state index contributed by atoms with van der Waals surface area (Å²) in [6, 6.07) is 11.1. The molecule has 4 rings (SSSR count). The van der Waals surface area contributed by atoms with E-state index in [1.54, 1.807) is 52.1 Å². The molecule has 162 valence electrons. The van der Waals surface area contributed by atoms with Gasteiger partial charge in [0.15, 0.2) is 0 Å². The summed E-state index contributed by atoms with van der Waals surface area (Å²) in [6.07, 6.45) is 0. The van der Waals surface area contributed by atoms with Crippen LogP contribution in [0, 0.1) is 6.92 Å². The normalized spacial score (nSPS) is 18.8. The van der Waals surface area contributed by atoms with E-state index in [1.807, 2.05) is 45.2 Å². The first-order valence-electron chi connectivity index (χ1n) is 10.0. The standard InChI is InChI=1S/C23H25ClN4O2S/c1-14-11-15(24)8-9-17(14)28-20(29)18-12-16(19-7-6-10-31-19)26-27(18)13-23(28,5)21(30)25-22(2,3)4/h6-12H,13H2,1-5H3,(H,25,30)/t23-/m0/s1. The van der Waals surface area contributed by atoms with E-state index in [4.69, 9.17) is 11.6 Å². The van der Waals surface area contributed by atoms with Crippen molar-refractivity contribution in [3.8, 4) is 10.6 Å². The maximum Gasteiger partial charge on any atom is 0.277 e. The van der Waals surface area contributed by atoms with Gasteiger partial charge in [-0.25, -0.2) is 0 Å². The minimum Gasteiger partial charge on any atom is -0.349 e. The molecule has 0 fully saturated rings. The SMILES string of the molecule is Cc1cc(Cl)ccc1N1C(=O)c2cc(-c3cccs3)nn2C[C@@]1(C)C(=O)NC(C)(C)C. The van der Waals surface area contributed by atoms with Gasteiger partial charge in [0, 0.05) is 16.2 Å². The van der Waals surface area contributed by atoms with Crippen molar-refractivity contribution in [2.45, 2.75) is 52.2 Å². The zero-order valence-corrected chi connectivity index (χ0v) is 19.8. The predicted molar refractivity (Wildman–Crippen MR) is 125 cm³/mol. The Hall–Kier alpha value is -2.64. The van der Waals surface area contributed by atoms with E-state index in [-0.39, 0.29) is 18.4 Å². The molecule has 3 aromatic rings. The van der Waals surface area contributed by atoms with Crippen LogP contribution in [-0.4, -0.2) is 32.7 Å². The van der Waals surface area contributed by atoms with Gasteiger partial charge in [-0.05, 0) is 75.9 Å². The molecule has 0 aliphatic carbocycles. The van der Waals surface area contributed by atoms with Crippen LogP contribution >= 0.6 is 22.9 Å². The Balaban J connectivity index is 1.87. The zero-order chi connectivity index (χ0) is 22.6. The van der Waals surface area contributed by atoms with Crippen molar-refractivity contribution >= 4 is 40.4 Å². The van der Waals surface area contributed by atoms with E-state index in [0.29, 0.717) is 16.4 Å². The highest BCUT2D eigenvalue weighted by Crippen LogP contribution is 2.37. The summed E-state index contributed by atoms with van der Waals surface area (Å²) in [5, 5.41) is 10.3. The number of aryl methyl sites for hydroxylation is 1. The van der Waals surface area contributed by atoms with E-state index in [9.17, 15) is 9.59 Å². The predicted octanol–water partition coefficient (Wildman–Crippen LogP) is 4.91. The van der Waals surface area contributed by atoms with Gasteiger partial charge < -0.3 is 5.32 Å². The number of hydrogen-bond acceptors (Lipinski definition) is 4. The van der Waals surface area contributed by atoms with Crippen LogP contribution in [0.3, 0.4) is 0 Å². The van der Waals surface area contributed by atoms with E-state index in [0.717, 1.165) is 16.1 Å². The molecular weight excluding hydrogens is 432 g/mol. The Morgan fingerprint density at radius 1 is 1.26 bits per heavy atom. The molecule has 0 saturated carbocycles. The highest BCUT2D eigenvalue weighted by Gasteiger charge is 2.50. The van der Waals surface area contributed by atoms with E-state index in [1.165, 1.54) is 0 Å². The van der Waals surface area contributed by atoms with Gasteiger partial charge in [0.2, 0.25) is 5.91 Å². The number of nitrogens with zero attached hydrogens (tertiary/aromatic N) is 3. The number of amides is 2. The highest BCUT2D eigenvalue weighted by molar-refractivity contribution is 7.13. The van der Waals surface area contributed by atoms with Crippen LogP contribution in [0.15, 0.2) is 41.8 Å². The molecule has 1 aliphatic heterocycles. The first kappa shape index (κ1) is 21.6. The minimum absolute atomic E-state index is 0.235. The number of carbonyl (C=O) groups is 2. The van der Waals surface area contributed by atoms with Crippen LogP contribution in [0.5, 0.6) is 0 Å². The van der Waals surface area contributed by atoms with Gasteiger partial charge >= 0.3 is 0 Å². The summed E-state index contributed by atoms with van der Waals surface area (Å²) in [7, 11) is 0. The highest BCUT2D eigenvalue weighted by atomic mass is 35.5. The Kier molecular flexibility index (Phi) is 5.22. The number of fused-ring (bicyclic) bond motifs is 1. The fraction of sp³-hybridized carbons (Fsp3) is 0.348. The van der Waals surface area contributed by atoms with E-state index in [2.05, 4.69) is 10.4 Å². The topological polar surface area (TPSA) is 67.2 Å². The number of halogens is 1. The molecule has 2 aromatic heterocycles. The lowest BCUT2D eigenvalue weighted by Crippen LogP contribution is -2.66. The van der Waals surface area contributed by atoms with Gasteiger partial charge in [0.05, 0.1) is 11.4 Å². The largest absolute Gasteiger partial charge is 0.349 e. The molecule has 3 heterocycles. The second-order valence-corrected chi connectivity index (χ2v) is 10.5. The number of aromatic nitrogens is 2. The molecule has 0 unspecified atom stereocenters. The smallest absolute Gasteiger partial charge is 0.277 e. The Labute approximate surface area is 190 Å². The lowest BCUT2D eigenvalue weighted by atomic mass is 9.92. The summed E-state index contributed by atoms with van der Waals surface area (Å²) in [6.45, 7) is 9.68. The maximum atomic E-state index is 13.8. The first-order chi connectivity index (χ1) is 14.5. The number of nitrogens with one attached hydrogen (secondary N) is 1. The van der Waals surface area contributed by atoms with Crippen LogP contribution in [0.2, 0.25) is 5.02 Å². The van der Waals surface area contributed by atoms with Crippen molar-refractivity contribution in [1.82, 2.24) is 15.1 Å². The molecule has 1 atom stereocenters. The number of thiophene rings is 1. The van der Waals surface area contributed by atoms with Crippen molar-refractivity contribution in [2.75, 3.05) is 4.90 Å². The minimum atomic E-state index is -1.17. The summed E-state index contributed by atoms with van der Waals surface area (Å²) >= 11 is 7.72. The molecule has 31 heavy (non-hydrogen) atoms. The molecule has 0 spiro atoms. The summed E-state index contributed by atoms with van der Waals surface area (Å²) in [4.78, 5) is 29.9. The molecule has 1 aromatic carbocycles. The number of benzene rings is 1. The van der Waals surface area contributed by atoms with Crippen molar-refractivity contribution in [2.24, 2.45) is 0 Å². The Morgan fingerprint density at radius 2 is 2.00 bits per heavy atom. The summed E-state index contributed by atoms with van der Waals surface area (Å²) in [5.41, 5.74) is 1.05. The second-order valence-electron chi connectivity index (χ2n) is 9.10. The molecule has 0 bridgehead atoms. The average Bonchev–Trinajstić information content (AvgIpc) is 3.31. The van der Waals surface area contributed by atoms with Crippen LogP contribution in [0.25, 0.3) is 10.6 Å². The molecule has 0 radical (unpaired) electrons. The van der Waals surface area contributed by atoms with Crippen molar-refractivity contribution < 1.29 is 9.59 Å². The maximum absolute atomic E-state index is 13.8. The lowest BCUT2D eigenvalue weighted by Gasteiger charge is -2.44. The van der Waals surface area contributed by atoms with Crippen LogP contribution in [0.4, 0.5) is 5.69 Å². The Morgan fingerprint density at radius 3 is 2.61 bits per heavy atom. The van der Waals surface area contributed by atoms with Gasteiger partial charge in [-0.3, -0.25) is 19.2 Å². The van der Waals surface area contributed by atoms with Crippen LogP contribution < -0.4 is 10.2 Å². The monoisotopic (exact) mass is 456 g/mol. The summed E-state index contributed by atoms with van der Waals surface area (Å²) in [5.74, 6) is -0.500. The molecule has 1 aliphatic rings. The van der Waals surface area contributed by atoms with Gasteiger partial charge in [-0.1, -0.05) is 17.7 Å². The Bertz CT molecular complexity index is 1160. The third kappa shape index (κ3) is 3.88. The van der Waals surface area contributed by atoms with Gasteiger partial charge in [-0.2, -0.15) is 5.10 Å². The van der Waals surface area contributed by atoms with E-state index < -0.39 is 11.1 Å². The number of carbonyl (C=O) groups excluding carboxylic acids is 2. The van der Waals surface area contributed by atoms with Crippen molar-refractivity contribution in [3.63, 3.8) is 0 Å². The zero-order valence-electron chi connectivity index (χ0n) is 18.2. The molecule has 8 heteroatoms. The fourth-order valence-corrected chi connectivity index (χ4v) is 4.76. The number of rotatable bonds is 3. The fourth-order valence-electron chi connectivity index (χ4n) is 3.85. The van der Waals surface area contributed by atoms with Crippen molar-refractivity contribution in [1.29, 1.82) is 0 Å². The van der Waals surface area contributed by atoms with Crippen molar-refractivity contribution in [3.05, 3.63) is 58.1 Å². The lowest BCUT2D eigenvalue weighted by molar-refractivity contribution is -0.128. The third-order valence-corrected chi connectivity index (χ3v) is 6.43. The average molecular weight is 457 g/mol. The van der Waals surface area contributed by atoms with Gasteiger partial charge in [-0.15, -0.1) is 11.3 Å². The van der Waals surface area contributed by atoms with E-state index >= 15 is 0 Å². The number of hydrogen-bond donors (Lipinski definition) is 1. The molecule has 6 nitrogen and oxygen atoms in total. The van der Waals surface area contributed by atoms with Crippen LogP contribution in [0.1, 0.15) is 43.7 Å². The summed E-state index contributed by atoms with van der Waals surface area (Å²) < 4.78 is 1.65. The molecule has 2 amide bonds. The van der Waals surface area contributed by atoms with Gasteiger partial charge in [0.1, 0.15) is 16.9 Å². The third-order valence-electron chi connectivity index (χ3n) is 5.30. The first-order valence-corrected chi connectivity index (χ1v) is 11.3. The molecule has 0 saturated heterocycles. The number of anilines is 1.